The lowest BCUT2D eigenvalue weighted by Crippen LogP contribution is -2.43. The zero-order chi connectivity index (χ0) is 14.8. The summed E-state index contributed by atoms with van der Waals surface area (Å²) in [6.45, 7) is 0.866. The van der Waals surface area contributed by atoms with Crippen LogP contribution >= 0.6 is 11.6 Å². The Morgan fingerprint density at radius 3 is 3.10 bits per heavy atom. The molecule has 1 aromatic carbocycles. The van der Waals surface area contributed by atoms with Crippen LogP contribution in [0.25, 0.3) is 5.69 Å². The van der Waals surface area contributed by atoms with Crippen molar-refractivity contribution in [2.75, 3.05) is 19.8 Å². The van der Waals surface area contributed by atoms with Crippen molar-refractivity contribution in [2.24, 2.45) is 0 Å². The molecule has 21 heavy (non-hydrogen) atoms. The van der Waals surface area contributed by atoms with Gasteiger partial charge in [0.25, 0.3) is 0 Å². The molecule has 1 unspecified atom stereocenters. The maximum atomic E-state index is 11.2. The van der Waals surface area contributed by atoms with Crippen LogP contribution < -0.4 is 0 Å². The molecule has 1 saturated heterocycles. The van der Waals surface area contributed by atoms with E-state index >= 15 is 0 Å². The van der Waals surface area contributed by atoms with Gasteiger partial charge in [0, 0.05) is 11.6 Å². The Hall–Kier alpha value is -2.19. The topological polar surface area (TPSA) is 93.4 Å². The van der Waals surface area contributed by atoms with E-state index in [4.69, 9.17) is 16.3 Å². The van der Waals surface area contributed by atoms with Crippen molar-refractivity contribution in [1.82, 2.24) is 25.1 Å². The summed E-state index contributed by atoms with van der Waals surface area (Å²) in [6, 6.07) is 6.44. The normalized spacial score (nSPS) is 18.7. The third-order valence-corrected chi connectivity index (χ3v) is 3.38. The van der Waals surface area contributed by atoms with E-state index < -0.39 is 12.1 Å². The Morgan fingerprint density at radius 1 is 1.48 bits per heavy atom. The van der Waals surface area contributed by atoms with Gasteiger partial charge in [-0.2, -0.15) is 0 Å². The van der Waals surface area contributed by atoms with Crippen LogP contribution in [0.3, 0.4) is 0 Å². The van der Waals surface area contributed by atoms with Crippen molar-refractivity contribution in [3.63, 3.8) is 0 Å². The molecule has 3 rings (SSSR count). The summed E-state index contributed by atoms with van der Waals surface area (Å²) in [7, 11) is 0. The van der Waals surface area contributed by atoms with E-state index in [1.807, 2.05) is 0 Å². The van der Waals surface area contributed by atoms with Crippen LogP contribution in [0, 0.1) is 0 Å². The lowest BCUT2D eigenvalue weighted by Gasteiger charge is -2.31. The number of morpholine rings is 1. The number of rotatable bonds is 2. The molecule has 1 aromatic heterocycles. The van der Waals surface area contributed by atoms with Gasteiger partial charge in [-0.1, -0.05) is 17.7 Å². The highest BCUT2D eigenvalue weighted by Gasteiger charge is 2.31. The second kappa shape index (κ2) is 5.66. The molecule has 8 nitrogen and oxygen atoms in total. The summed E-state index contributed by atoms with van der Waals surface area (Å²) in [4.78, 5) is 13.8. The second-order valence-electron chi connectivity index (χ2n) is 4.48. The predicted octanol–water partition coefficient (Wildman–Crippen LogP) is 1.37. The number of benzene rings is 1. The number of hydrogen-bond donors (Lipinski definition) is 1. The zero-order valence-electron chi connectivity index (χ0n) is 10.9. The van der Waals surface area contributed by atoms with E-state index in [1.165, 1.54) is 9.70 Å². The standard InChI is InChI=1S/C12H12ClN5O3/c13-8-2-1-3-9(6-8)18-15-11(14-16-18)10-7-21-5-4-17(10)12(19)20/h1-3,6,10H,4-5,7H2,(H,19,20). The Morgan fingerprint density at radius 2 is 2.33 bits per heavy atom. The van der Waals surface area contributed by atoms with Gasteiger partial charge in [-0.15, -0.1) is 15.0 Å². The second-order valence-corrected chi connectivity index (χ2v) is 4.92. The fraction of sp³-hybridized carbons (Fsp3) is 0.333. The minimum absolute atomic E-state index is 0.216. The molecule has 1 aliphatic rings. The monoisotopic (exact) mass is 309 g/mol. The largest absolute Gasteiger partial charge is 0.465 e. The average molecular weight is 310 g/mol. The van der Waals surface area contributed by atoms with Crippen molar-refractivity contribution in [3.05, 3.63) is 35.1 Å². The van der Waals surface area contributed by atoms with Crippen LogP contribution in [0.15, 0.2) is 24.3 Å². The Kier molecular flexibility index (Phi) is 3.72. The van der Waals surface area contributed by atoms with Gasteiger partial charge in [0.05, 0.1) is 18.9 Å². The van der Waals surface area contributed by atoms with Gasteiger partial charge in [-0.25, -0.2) is 4.79 Å². The molecule has 1 N–H and O–H groups in total. The first-order valence-electron chi connectivity index (χ1n) is 6.28. The van der Waals surface area contributed by atoms with Gasteiger partial charge in [-0.05, 0) is 23.4 Å². The lowest BCUT2D eigenvalue weighted by atomic mass is 10.2. The molecule has 2 aromatic rings. The van der Waals surface area contributed by atoms with E-state index in [2.05, 4.69) is 15.4 Å². The first kappa shape index (κ1) is 13.8. The van der Waals surface area contributed by atoms with Crippen molar-refractivity contribution in [3.8, 4) is 5.69 Å². The molecule has 0 aliphatic carbocycles. The molecule has 110 valence electrons. The van der Waals surface area contributed by atoms with Crippen molar-refractivity contribution >= 4 is 17.7 Å². The summed E-state index contributed by atoms with van der Waals surface area (Å²) in [5.74, 6) is 0.303. The van der Waals surface area contributed by atoms with Crippen molar-refractivity contribution < 1.29 is 14.6 Å². The van der Waals surface area contributed by atoms with Crippen molar-refractivity contribution in [2.45, 2.75) is 6.04 Å². The van der Waals surface area contributed by atoms with Crippen LogP contribution in [-0.2, 0) is 4.74 Å². The van der Waals surface area contributed by atoms with Crippen LogP contribution in [0.1, 0.15) is 11.9 Å². The summed E-state index contributed by atoms with van der Waals surface area (Å²) in [6.07, 6.45) is -1.03. The van der Waals surface area contributed by atoms with E-state index in [9.17, 15) is 9.90 Å². The highest BCUT2D eigenvalue weighted by molar-refractivity contribution is 6.30. The molecule has 1 aliphatic heterocycles. The van der Waals surface area contributed by atoms with E-state index in [0.29, 0.717) is 23.1 Å². The van der Waals surface area contributed by atoms with Crippen LogP contribution in [0.5, 0.6) is 0 Å². The highest BCUT2D eigenvalue weighted by atomic mass is 35.5. The number of halogens is 1. The van der Waals surface area contributed by atoms with Gasteiger partial charge in [-0.3, -0.25) is 4.90 Å². The molecule has 1 fully saturated rings. The number of carbonyl (C=O) groups is 1. The molecule has 1 atom stereocenters. The van der Waals surface area contributed by atoms with Crippen molar-refractivity contribution in [1.29, 1.82) is 0 Å². The van der Waals surface area contributed by atoms with Gasteiger partial charge in [0.1, 0.15) is 6.04 Å². The van der Waals surface area contributed by atoms with Gasteiger partial charge >= 0.3 is 6.09 Å². The molecular weight excluding hydrogens is 298 g/mol. The SMILES string of the molecule is O=C(O)N1CCOCC1c1nnn(-c2cccc(Cl)c2)n1. The maximum absolute atomic E-state index is 11.2. The van der Waals surface area contributed by atoms with Crippen LogP contribution in [-0.4, -0.2) is 56.1 Å². The highest BCUT2D eigenvalue weighted by Crippen LogP contribution is 2.21. The summed E-state index contributed by atoms with van der Waals surface area (Å²) in [5.41, 5.74) is 0.653. The Labute approximate surface area is 124 Å². The molecule has 0 bridgehead atoms. The summed E-state index contributed by atoms with van der Waals surface area (Å²) < 4.78 is 5.31. The molecule has 2 heterocycles. The minimum Gasteiger partial charge on any atom is -0.465 e. The quantitative estimate of drug-likeness (QED) is 0.900. The maximum Gasteiger partial charge on any atom is 0.408 e. The number of ether oxygens (including phenoxy) is 1. The fourth-order valence-corrected chi connectivity index (χ4v) is 2.30. The molecule has 0 saturated carbocycles. The number of nitrogens with zero attached hydrogens (tertiary/aromatic N) is 5. The number of amides is 1. The van der Waals surface area contributed by atoms with Gasteiger partial charge < -0.3 is 9.84 Å². The molecule has 0 radical (unpaired) electrons. The van der Waals surface area contributed by atoms with Gasteiger partial charge in [0.15, 0.2) is 5.82 Å². The zero-order valence-corrected chi connectivity index (χ0v) is 11.6. The number of tetrazole rings is 1. The Balaban J connectivity index is 1.88. The number of carboxylic acid groups (broad SMARTS) is 1. The fourth-order valence-electron chi connectivity index (χ4n) is 2.11. The Bertz CT molecular complexity index is 662. The third kappa shape index (κ3) is 2.81. The number of hydrogen-bond acceptors (Lipinski definition) is 5. The molecular formula is C12H12ClN5O3. The third-order valence-electron chi connectivity index (χ3n) is 3.14. The first-order valence-corrected chi connectivity index (χ1v) is 6.66. The molecule has 9 heteroatoms. The average Bonchev–Trinajstić information content (AvgIpc) is 2.97. The molecule has 1 amide bonds. The number of aromatic nitrogens is 4. The lowest BCUT2D eigenvalue weighted by molar-refractivity contribution is -0.00382. The summed E-state index contributed by atoms with van der Waals surface area (Å²) >= 11 is 5.92. The van der Waals surface area contributed by atoms with E-state index in [0.717, 1.165) is 0 Å². The minimum atomic E-state index is -1.03. The van der Waals surface area contributed by atoms with E-state index in [-0.39, 0.29) is 13.2 Å². The first-order chi connectivity index (χ1) is 10.1. The predicted molar refractivity (Wildman–Crippen MR) is 72.5 cm³/mol. The smallest absolute Gasteiger partial charge is 0.408 e. The van der Waals surface area contributed by atoms with Crippen LogP contribution in [0.2, 0.25) is 5.02 Å². The van der Waals surface area contributed by atoms with Gasteiger partial charge in [0.2, 0.25) is 0 Å². The van der Waals surface area contributed by atoms with E-state index in [1.54, 1.807) is 24.3 Å². The van der Waals surface area contributed by atoms with Crippen LogP contribution in [0.4, 0.5) is 4.79 Å². The summed E-state index contributed by atoms with van der Waals surface area (Å²) in [5, 5.41) is 21.9. The molecule has 0 spiro atoms.